The molecule has 0 aliphatic rings. The molecule has 124 valence electrons. The van der Waals surface area contributed by atoms with Gasteiger partial charge in [0, 0.05) is 17.1 Å². The lowest BCUT2D eigenvalue weighted by Gasteiger charge is -2.10. The van der Waals surface area contributed by atoms with Gasteiger partial charge in [-0.05, 0) is 34.9 Å². The molecular weight excluding hydrogens is 330 g/mol. The first kappa shape index (κ1) is 17.0. The van der Waals surface area contributed by atoms with Crippen LogP contribution in [0.1, 0.15) is 16.7 Å². The highest BCUT2D eigenvalue weighted by atomic mass is 35.5. The Kier molecular flexibility index (Phi) is 5.65. The third-order valence-corrected chi connectivity index (χ3v) is 4.06. The number of carbonyl (C=O) groups excluding carboxylic acids is 1. The SMILES string of the molecule is O=C(NCc1ccc(Cl)cc1)/C(=C/c1ccccc1)c1ccccc1. The minimum absolute atomic E-state index is 0.106. The Labute approximate surface area is 152 Å². The molecule has 0 saturated carbocycles. The zero-order valence-corrected chi connectivity index (χ0v) is 14.4. The summed E-state index contributed by atoms with van der Waals surface area (Å²) >= 11 is 5.90. The van der Waals surface area contributed by atoms with Gasteiger partial charge < -0.3 is 5.32 Å². The van der Waals surface area contributed by atoms with Gasteiger partial charge in [0.2, 0.25) is 0 Å². The van der Waals surface area contributed by atoms with Crippen molar-refractivity contribution in [2.24, 2.45) is 0 Å². The van der Waals surface area contributed by atoms with Gasteiger partial charge in [-0.15, -0.1) is 0 Å². The van der Waals surface area contributed by atoms with E-state index in [9.17, 15) is 4.79 Å². The van der Waals surface area contributed by atoms with Crippen molar-refractivity contribution >= 4 is 29.2 Å². The van der Waals surface area contributed by atoms with Gasteiger partial charge in [0.1, 0.15) is 0 Å². The second-order valence-electron chi connectivity index (χ2n) is 5.64. The van der Waals surface area contributed by atoms with E-state index in [4.69, 9.17) is 11.6 Å². The molecule has 0 aromatic heterocycles. The molecule has 3 aromatic carbocycles. The quantitative estimate of drug-likeness (QED) is 0.499. The lowest BCUT2D eigenvalue weighted by molar-refractivity contribution is -0.115. The van der Waals surface area contributed by atoms with E-state index >= 15 is 0 Å². The number of halogens is 1. The molecule has 1 amide bonds. The van der Waals surface area contributed by atoms with Gasteiger partial charge in [0.25, 0.3) is 5.91 Å². The van der Waals surface area contributed by atoms with E-state index in [2.05, 4.69) is 5.32 Å². The van der Waals surface area contributed by atoms with Crippen LogP contribution in [0.15, 0.2) is 84.9 Å². The predicted octanol–water partition coefficient (Wildman–Crippen LogP) is 5.20. The summed E-state index contributed by atoms with van der Waals surface area (Å²) in [5, 5.41) is 3.67. The van der Waals surface area contributed by atoms with Crippen LogP contribution < -0.4 is 5.32 Å². The summed E-state index contributed by atoms with van der Waals surface area (Å²) in [5.74, 6) is -0.106. The maximum absolute atomic E-state index is 12.8. The summed E-state index contributed by atoms with van der Waals surface area (Å²) < 4.78 is 0. The average Bonchev–Trinajstić information content (AvgIpc) is 2.67. The summed E-state index contributed by atoms with van der Waals surface area (Å²) in [5.41, 5.74) is 3.52. The summed E-state index contributed by atoms with van der Waals surface area (Å²) in [6, 6.07) is 27.0. The van der Waals surface area contributed by atoms with Gasteiger partial charge >= 0.3 is 0 Å². The molecule has 2 nitrogen and oxygen atoms in total. The number of nitrogens with one attached hydrogen (secondary N) is 1. The molecule has 25 heavy (non-hydrogen) atoms. The van der Waals surface area contributed by atoms with Crippen LogP contribution in [0.5, 0.6) is 0 Å². The van der Waals surface area contributed by atoms with Crippen molar-refractivity contribution in [1.82, 2.24) is 5.32 Å². The van der Waals surface area contributed by atoms with E-state index in [1.165, 1.54) is 0 Å². The molecule has 3 heteroatoms. The first-order chi connectivity index (χ1) is 12.2. The predicted molar refractivity (Wildman–Crippen MR) is 104 cm³/mol. The van der Waals surface area contributed by atoms with Crippen molar-refractivity contribution in [3.8, 4) is 0 Å². The minimum atomic E-state index is -0.106. The van der Waals surface area contributed by atoms with Crippen LogP contribution in [-0.2, 0) is 11.3 Å². The van der Waals surface area contributed by atoms with Crippen LogP contribution in [0.4, 0.5) is 0 Å². The molecule has 0 atom stereocenters. The molecule has 1 N–H and O–H groups in total. The molecule has 3 rings (SSSR count). The van der Waals surface area contributed by atoms with E-state index in [1.807, 2.05) is 91.0 Å². The van der Waals surface area contributed by atoms with E-state index in [-0.39, 0.29) is 5.91 Å². The van der Waals surface area contributed by atoms with E-state index in [0.717, 1.165) is 16.7 Å². The lowest BCUT2D eigenvalue weighted by Crippen LogP contribution is -2.23. The van der Waals surface area contributed by atoms with Gasteiger partial charge in [-0.1, -0.05) is 84.4 Å². The van der Waals surface area contributed by atoms with Crippen LogP contribution >= 0.6 is 11.6 Å². The topological polar surface area (TPSA) is 29.1 Å². The van der Waals surface area contributed by atoms with Crippen LogP contribution in [0.3, 0.4) is 0 Å². The Morgan fingerprint density at radius 2 is 1.44 bits per heavy atom. The normalized spacial score (nSPS) is 11.2. The second-order valence-corrected chi connectivity index (χ2v) is 6.08. The van der Waals surface area contributed by atoms with Crippen LogP contribution in [0.25, 0.3) is 11.6 Å². The first-order valence-corrected chi connectivity index (χ1v) is 8.45. The maximum Gasteiger partial charge on any atom is 0.252 e. The van der Waals surface area contributed by atoms with Gasteiger partial charge in [0.05, 0.1) is 0 Å². The summed E-state index contributed by atoms with van der Waals surface area (Å²) in [6.45, 7) is 0.453. The molecular formula is C22H18ClNO. The smallest absolute Gasteiger partial charge is 0.252 e. The lowest BCUT2D eigenvalue weighted by atomic mass is 10.0. The Hall–Kier alpha value is -2.84. The molecule has 3 aromatic rings. The number of amides is 1. The second kappa shape index (κ2) is 8.32. The third-order valence-electron chi connectivity index (χ3n) is 3.81. The molecule has 0 aliphatic heterocycles. The van der Waals surface area contributed by atoms with Crippen LogP contribution in [0, 0.1) is 0 Å². The Morgan fingerprint density at radius 3 is 2.08 bits per heavy atom. The number of rotatable bonds is 5. The van der Waals surface area contributed by atoms with Crippen molar-refractivity contribution < 1.29 is 4.79 Å². The van der Waals surface area contributed by atoms with Crippen molar-refractivity contribution in [3.05, 3.63) is 107 Å². The molecule has 0 heterocycles. The molecule has 0 saturated heterocycles. The monoisotopic (exact) mass is 347 g/mol. The van der Waals surface area contributed by atoms with E-state index < -0.39 is 0 Å². The molecule has 0 unspecified atom stereocenters. The molecule has 0 radical (unpaired) electrons. The molecule has 0 aliphatic carbocycles. The van der Waals surface area contributed by atoms with Crippen molar-refractivity contribution in [1.29, 1.82) is 0 Å². The largest absolute Gasteiger partial charge is 0.348 e. The fraction of sp³-hybridized carbons (Fsp3) is 0.0455. The number of benzene rings is 3. The first-order valence-electron chi connectivity index (χ1n) is 8.07. The van der Waals surface area contributed by atoms with E-state index in [1.54, 1.807) is 0 Å². The molecule has 0 spiro atoms. The number of hydrogen-bond donors (Lipinski definition) is 1. The number of hydrogen-bond acceptors (Lipinski definition) is 1. The Bertz CT molecular complexity index is 856. The third kappa shape index (κ3) is 4.82. The Balaban J connectivity index is 1.82. The maximum atomic E-state index is 12.8. The summed E-state index contributed by atoms with van der Waals surface area (Å²) in [6.07, 6.45) is 1.91. The fourth-order valence-electron chi connectivity index (χ4n) is 2.49. The van der Waals surface area contributed by atoms with Gasteiger partial charge in [-0.2, -0.15) is 0 Å². The Morgan fingerprint density at radius 1 is 0.840 bits per heavy atom. The van der Waals surface area contributed by atoms with Crippen molar-refractivity contribution in [2.75, 3.05) is 0 Å². The highest BCUT2D eigenvalue weighted by molar-refractivity contribution is 6.30. The molecule has 0 bridgehead atoms. The number of carbonyl (C=O) groups is 1. The summed E-state index contributed by atoms with van der Waals surface area (Å²) in [7, 11) is 0. The van der Waals surface area contributed by atoms with Gasteiger partial charge in [0.15, 0.2) is 0 Å². The van der Waals surface area contributed by atoms with Gasteiger partial charge in [-0.25, -0.2) is 0 Å². The zero-order valence-electron chi connectivity index (χ0n) is 13.7. The van der Waals surface area contributed by atoms with Crippen LogP contribution in [0.2, 0.25) is 5.02 Å². The molecule has 0 fully saturated rings. The zero-order chi connectivity index (χ0) is 17.5. The highest BCUT2D eigenvalue weighted by Crippen LogP contribution is 2.19. The summed E-state index contributed by atoms with van der Waals surface area (Å²) in [4.78, 5) is 12.8. The van der Waals surface area contributed by atoms with Crippen molar-refractivity contribution in [3.63, 3.8) is 0 Å². The van der Waals surface area contributed by atoms with Gasteiger partial charge in [-0.3, -0.25) is 4.79 Å². The van der Waals surface area contributed by atoms with E-state index in [0.29, 0.717) is 17.1 Å². The van der Waals surface area contributed by atoms with Crippen LogP contribution in [-0.4, -0.2) is 5.91 Å². The van der Waals surface area contributed by atoms with Crippen molar-refractivity contribution in [2.45, 2.75) is 6.54 Å². The standard InChI is InChI=1S/C22H18ClNO/c23-20-13-11-18(12-14-20)16-24-22(25)21(19-9-5-2-6-10-19)15-17-7-3-1-4-8-17/h1-15H,16H2,(H,24,25)/b21-15+. The highest BCUT2D eigenvalue weighted by Gasteiger charge is 2.11. The minimum Gasteiger partial charge on any atom is -0.348 e. The fourth-order valence-corrected chi connectivity index (χ4v) is 2.62. The average molecular weight is 348 g/mol.